The molecule has 32 heavy (non-hydrogen) atoms. The largest absolute Gasteiger partial charge is 0.450 e. The smallest absolute Gasteiger partial charge is 0.283 e. The van der Waals surface area contributed by atoms with Gasteiger partial charge in [-0.2, -0.15) is 15.1 Å². The lowest BCUT2D eigenvalue weighted by Crippen LogP contribution is -2.35. The maximum atomic E-state index is 12.6. The number of nitrogens with one attached hydrogen (secondary N) is 1. The number of amides is 1. The predicted octanol–water partition coefficient (Wildman–Crippen LogP) is 5.72. The summed E-state index contributed by atoms with van der Waals surface area (Å²) in [4.78, 5) is 17.8. The van der Waals surface area contributed by atoms with Crippen LogP contribution in [0.5, 0.6) is 0 Å². The van der Waals surface area contributed by atoms with Crippen molar-refractivity contribution in [3.05, 3.63) is 88.7 Å². The van der Waals surface area contributed by atoms with E-state index in [-0.39, 0.29) is 11.4 Å². The van der Waals surface area contributed by atoms with Crippen molar-refractivity contribution >= 4 is 51.6 Å². The standard InChI is InChI=1S/C24H18N4O2S2/c1-14-3-7-16(8-4-14)23-27-28-21(25)19(22(29)26-24(28)32-23)13-17-9-12-20(30-17)31-18-10-5-15(2)6-11-18/h3-13,25H,1-2H3/b19-13-,25-21?. The number of thioether (sulfide) groups is 1. The van der Waals surface area contributed by atoms with Gasteiger partial charge in [0.1, 0.15) is 10.8 Å². The van der Waals surface area contributed by atoms with Crippen LogP contribution < -0.4 is 0 Å². The van der Waals surface area contributed by atoms with Gasteiger partial charge in [-0.05, 0) is 56.0 Å². The van der Waals surface area contributed by atoms with E-state index in [1.54, 1.807) is 12.1 Å². The summed E-state index contributed by atoms with van der Waals surface area (Å²) in [6.07, 6.45) is 1.55. The molecule has 5 rings (SSSR count). The number of fused-ring (bicyclic) bond motifs is 1. The van der Waals surface area contributed by atoms with Crippen molar-refractivity contribution in [3.8, 4) is 0 Å². The van der Waals surface area contributed by atoms with Gasteiger partial charge in [0.15, 0.2) is 10.9 Å². The number of benzene rings is 2. The molecule has 8 heteroatoms. The van der Waals surface area contributed by atoms with Gasteiger partial charge in [-0.15, -0.1) is 0 Å². The number of hydrogen-bond donors (Lipinski definition) is 1. The summed E-state index contributed by atoms with van der Waals surface area (Å²) in [5.74, 6) is -0.00191. The van der Waals surface area contributed by atoms with E-state index < -0.39 is 5.91 Å². The van der Waals surface area contributed by atoms with Gasteiger partial charge in [-0.1, -0.05) is 59.3 Å². The van der Waals surface area contributed by atoms with Crippen LogP contribution in [0.2, 0.25) is 0 Å². The molecule has 1 N–H and O–H groups in total. The second kappa shape index (κ2) is 8.29. The first-order valence-corrected chi connectivity index (χ1v) is 11.5. The summed E-state index contributed by atoms with van der Waals surface area (Å²) < 4.78 is 5.86. The predicted molar refractivity (Wildman–Crippen MR) is 129 cm³/mol. The molecule has 158 valence electrons. The lowest BCUT2D eigenvalue weighted by molar-refractivity contribution is -0.114. The summed E-state index contributed by atoms with van der Waals surface area (Å²) in [6.45, 7) is 4.06. The minimum Gasteiger partial charge on any atom is -0.450 e. The molecular weight excluding hydrogens is 440 g/mol. The van der Waals surface area contributed by atoms with E-state index in [0.29, 0.717) is 21.1 Å². The van der Waals surface area contributed by atoms with Crippen LogP contribution in [0.3, 0.4) is 0 Å². The first-order chi connectivity index (χ1) is 15.5. The average Bonchev–Trinajstić information content (AvgIpc) is 3.40. The van der Waals surface area contributed by atoms with Crippen molar-refractivity contribution in [2.45, 2.75) is 23.8 Å². The number of amidine groups is 2. The van der Waals surface area contributed by atoms with Crippen LogP contribution in [-0.2, 0) is 4.79 Å². The van der Waals surface area contributed by atoms with Crippen molar-refractivity contribution < 1.29 is 9.21 Å². The molecule has 3 aromatic rings. The summed E-state index contributed by atoms with van der Waals surface area (Å²) in [5.41, 5.74) is 3.41. The molecule has 0 saturated carbocycles. The zero-order valence-corrected chi connectivity index (χ0v) is 19.0. The van der Waals surface area contributed by atoms with E-state index >= 15 is 0 Å². The summed E-state index contributed by atoms with van der Waals surface area (Å²) in [6, 6.07) is 19.7. The molecule has 0 saturated heterocycles. The highest BCUT2D eigenvalue weighted by Gasteiger charge is 2.36. The lowest BCUT2D eigenvalue weighted by atomic mass is 10.1. The first kappa shape index (κ1) is 20.5. The molecular formula is C24H18N4O2S2. The minimum atomic E-state index is -0.474. The molecule has 3 heterocycles. The lowest BCUT2D eigenvalue weighted by Gasteiger charge is -2.19. The Morgan fingerprint density at radius 1 is 1.00 bits per heavy atom. The Morgan fingerprint density at radius 3 is 2.41 bits per heavy atom. The molecule has 1 aromatic heterocycles. The number of hydrazone groups is 1. The Bertz CT molecular complexity index is 1320. The number of hydrogen-bond acceptors (Lipinski definition) is 6. The third-order valence-electron chi connectivity index (χ3n) is 4.88. The fourth-order valence-corrected chi connectivity index (χ4v) is 4.81. The van der Waals surface area contributed by atoms with Crippen LogP contribution in [-0.4, -0.2) is 27.0 Å². The van der Waals surface area contributed by atoms with Crippen molar-refractivity contribution in [2.24, 2.45) is 10.1 Å². The number of nitrogens with zero attached hydrogens (tertiary/aromatic N) is 3. The molecule has 0 radical (unpaired) electrons. The maximum Gasteiger partial charge on any atom is 0.283 e. The van der Waals surface area contributed by atoms with Gasteiger partial charge in [-0.25, -0.2) is 0 Å². The molecule has 0 aliphatic carbocycles. The van der Waals surface area contributed by atoms with Gasteiger partial charge in [-0.3, -0.25) is 10.2 Å². The van der Waals surface area contributed by atoms with Crippen LogP contribution in [0, 0.1) is 19.3 Å². The van der Waals surface area contributed by atoms with E-state index in [2.05, 4.69) is 10.1 Å². The molecule has 0 bridgehead atoms. The van der Waals surface area contributed by atoms with Crippen molar-refractivity contribution in [3.63, 3.8) is 0 Å². The average molecular weight is 459 g/mol. The van der Waals surface area contributed by atoms with Crippen molar-refractivity contribution in [1.82, 2.24) is 5.01 Å². The highest BCUT2D eigenvalue weighted by Crippen LogP contribution is 2.33. The van der Waals surface area contributed by atoms with Gasteiger partial charge in [0, 0.05) is 10.5 Å². The van der Waals surface area contributed by atoms with E-state index in [1.807, 2.05) is 68.4 Å². The van der Waals surface area contributed by atoms with Gasteiger partial charge in [0.2, 0.25) is 5.17 Å². The Balaban J connectivity index is 1.38. The van der Waals surface area contributed by atoms with Crippen LogP contribution in [0.4, 0.5) is 0 Å². The van der Waals surface area contributed by atoms with E-state index in [1.165, 1.54) is 34.1 Å². The zero-order chi connectivity index (χ0) is 22.2. The molecule has 0 unspecified atom stereocenters. The van der Waals surface area contributed by atoms with Crippen LogP contribution in [0.1, 0.15) is 22.5 Å². The van der Waals surface area contributed by atoms with E-state index in [9.17, 15) is 4.79 Å². The molecule has 2 aliphatic rings. The fourth-order valence-electron chi connectivity index (χ4n) is 3.14. The number of carbonyl (C=O) groups is 1. The normalized spacial score (nSPS) is 16.9. The second-order valence-corrected chi connectivity index (χ2v) is 9.40. The topological polar surface area (TPSA) is 82.0 Å². The van der Waals surface area contributed by atoms with Crippen LogP contribution in [0.15, 0.2) is 90.7 Å². The number of furan rings is 1. The Morgan fingerprint density at radius 2 is 1.69 bits per heavy atom. The molecule has 1 amide bonds. The number of carbonyl (C=O) groups excluding carboxylic acids is 1. The quantitative estimate of drug-likeness (QED) is 0.506. The van der Waals surface area contributed by atoms with Gasteiger partial charge < -0.3 is 4.42 Å². The van der Waals surface area contributed by atoms with Gasteiger partial charge in [0.25, 0.3) is 5.91 Å². The Kier molecular flexibility index (Phi) is 5.32. The summed E-state index contributed by atoms with van der Waals surface area (Å²) in [7, 11) is 0. The molecule has 0 atom stereocenters. The molecule has 2 aromatic carbocycles. The number of rotatable bonds is 4. The highest BCUT2D eigenvalue weighted by molar-refractivity contribution is 8.27. The Hall–Kier alpha value is -3.36. The fraction of sp³-hybridized carbons (Fsp3) is 0.0833. The number of aryl methyl sites for hydroxylation is 2. The van der Waals surface area contributed by atoms with Crippen molar-refractivity contribution in [1.29, 1.82) is 5.41 Å². The van der Waals surface area contributed by atoms with Crippen molar-refractivity contribution in [2.75, 3.05) is 0 Å². The summed E-state index contributed by atoms with van der Waals surface area (Å²) >= 11 is 2.78. The molecule has 0 fully saturated rings. The maximum absolute atomic E-state index is 12.6. The monoisotopic (exact) mass is 458 g/mol. The highest BCUT2D eigenvalue weighted by atomic mass is 32.2. The second-order valence-electron chi connectivity index (χ2n) is 7.36. The minimum absolute atomic E-state index is 0.0150. The SMILES string of the molecule is Cc1ccc(Sc2ccc(/C=C3/C(=N)N4N=C(c5ccc(C)cc5)SC4=NC3=O)o2)cc1. The third-order valence-corrected chi connectivity index (χ3v) is 6.77. The third kappa shape index (κ3) is 4.06. The van der Waals surface area contributed by atoms with E-state index in [0.717, 1.165) is 16.0 Å². The number of aliphatic imine (C=N–C) groups is 1. The zero-order valence-electron chi connectivity index (χ0n) is 17.3. The van der Waals surface area contributed by atoms with E-state index in [4.69, 9.17) is 9.83 Å². The van der Waals surface area contributed by atoms with Gasteiger partial charge >= 0.3 is 0 Å². The molecule has 2 aliphatic heterocycles. The van der Waals surface area contributed by atoms with Gasteiger partial charge in [0.05, 0.1) is 5.57 Å². The first-order valence-electron chi connectivity index (χ1n) is 9.88. The molecule has 6 nitrogen and oxygen atoms in total. The van der Waals surface area contributed by atoms with Crippen LogP contribution >= 0.6 is 23.5 Å². The summed E-state index contributed by atoms with van der Waals surface area (Å²) in [5, 5.41) is 16.3. The van der Waals surface area contributed by atoms with Crippen LogP contribution in [0.25, 0.3) is 6.08 Å². The Labute approximate surface area is 193 Å². The molecule has 0 spiro atoms.